The summed E-state index contributed by atoms with van der Waals surface area (Å²) in [5.41, 5.74) is 2.62. The van der Waals surface area contributed by atoms with Gasteiger partial charge in [0.1, 0.15) is 0 Å². The Kier molecular flexibility index (Phi) is 5.11. The fourth-order valence-electron chi connectivity index (χ4n) is 1.68. The molecule has 0 fully saturated rings. The molecule has 2 nitrogen and oxygen atoms in total. The third-order valence-electron chi connectivity index (χ3n) is 2.56. The maximum Gasteiger partial charge on any atom is 0.175 e. The SMILES string of the molecule is Cc1cc(Cl)ccc1NC(=S)Nc1cc(Cl)cc(Cl)c1. The zero-order valence-electron chi connectivity index (χ0n) is 10.5. The van der Waals surface area contributed by atoms with Gasteiger partial charge >= 0.3 is 0 Å². The first-order valence-electron chi connectivity index (χ1n) is 5.74. The molecule has 0 unspecified atom stereocenters. The number of benzene rings is 2. The summed E-state index contributed by atoms with van der Waals surface area (Å²) in [7, 11) is 0. The van der Waals surface area contributed by atoms with Gasteiger partial charge in [-0.15, -0.1) is 0 Å². The summed E-state index contributed by atoms with van der Waals surface area (Å²) in [6.07, 6.45) is 0. The van der Waals surface area contributed by atoms with E-state index in [9.17, 15) is 0 Å². The molecule has 2 rings (SSSR count). The van der Waals surface area contributed by atoms with Gasteiger partial charge in [0.15, 0.2) is 5.11 Å². The predicted molar refractivity (Wildman–Crippen MR) is 92.5 cm³/mol. The Morgan fingerprint density at radius 3 is 2.15 bits per heavy atom. The summed E-state index contributed by atoms with van der Waals surface area (Å²) >= 11 is 23.0. The van der Waals surface area contributed by atoms with E-state index in [0.717, 1.165) is 16.9 Å². The number of rotatable bonds is 2. The summed E-state index contributed by atoms with van der Waals surface area (Å²) in [6.45, 7) is 1.95. The van der Waals surface area contributed by atoms with Crippen molar-refractivity contribution in [1.82, 2.24) is 0 Å². The minimum atomic E-state index is 0.453. The highest BCUT2D eigenvalue weighted by Gasteiger charge is 2.04. The van der Waals surface area contributed by atoms with Gasteiger partial charge in [-0.25, -0.2) is 0 Å². The first-order chi connectivity index (χ1) is 9.44. The number of aryl methyl sites for hydroxylation is 1. The minimum Gasteiger partial charge on any atom is -0.332 e. The van der Waals surface area contributed by atoms with Gasteiger partial charge in [-0.3, -0.25) is 0 Å². The van der Waals surface area contributed by atoms with E-state index in [4.69, 9.17) is 47.0 Å². The van der Waals surface area contributed by atoms with Crippen molar-refractivity contribution >= 4 is 63.5 Å². The molecule has 0 aliphatic carbocycles. The van der Waals surface area contributed by atoms with Crippen LogP contribution in [0.4, 0.5) is 11.4 Å². The van der Waals surface area contributed by atoms with Crippen LogP contribution < -0.4 is 10.6 Å². The Hall–Kier alpha value is -1.000. The van der Waals surface area contributed by atoms with Crippen molar-refractivity contribution in [1.29, 1.82) is 0 Å². The standard InChI is InChI=1S/C14H11Cl3N2S/c1-8-4-9(15)2-3-13(8)19-14(20)18-12-6-10(16)5-11(17)7-12/h2-7H,1H3,(H2,18,19,20). The Balaban J connectivity index is 2.09. The number of anilines is 2. The molecular weight excluding hydrogens is 335 g/mol. The second-order valence-corrected chi connectivity index (χ2v) is 5.91. The van der Waals surface area contributed by atoms with Crippen LogP contribution >= 0.6 is 47.0 Å². The normalized spacial score (nSPS) is 10.2. The van der Waals surface area contributed by atoms with Gasteiger partial charge in [0, 0.05) is 26.4 Å². The van der Waals surface area contributed by atoms with Crippen LogP contribution in [0, 0.1) is 6.92 Å². The maximum atomic E-state index is 5.93. The Morgan fingerprint density at radius 1 is 0.900 bits per heavy atom. The van der Waals surface area contributed by atoms with Gasteiger partial charge < -0.3 is 10.6 Å². The van der Waals surface area contributed by atoms with Crippen molar-refractivity contribution in [2.45, 2.75) is 6.92 Å². The van der Waals surface area contributed by atoms with Gasteiger partial charge in [0.25, 0.3) is 0 Å². The Bertz CT molecular complexity index is 639. The zero-order valence-corrected chi connectivity index (χ0v) is 13.6. The molecular formula is C14H11Cl3N2S. The van der Waals surface area contributed by atoms with Crippen molar-refractivity contribution in [3.05, 3.63) is 57.0 Å². The Morgan fingerprint density at radius 2 is 1.55 bits per heavy atom. The predicted octanol–water partition coefficient (Wildman–Crippen LogP) is 5.76. The number of nitrogens with one attached hydrogen (secondary N) is 2. The molecule has 0 saturated carbocycles. The van der Waals surface area contributed by atoms with E-state index in [1.165, 1.54) is 0 Å². The van der Waals surface area contributed by atoms with Gasteiger partial charge in [-0.2, -0.15) is 0 Å². The van der Waals surface area contributed by atoms with Gasteiger partial charge in [-0.05, 0) is 61.1 Å². The number of halogens is 3. The lowest BCUT2D eigenvalue weighted by atomic mass is 10.2. The Labute approximate surface area is 138 Å². The maximum absolute atomic E-state index is 5.93. The summed E-state index contributed by atoms with van der Waals surface area (Å²) < 4.78 is 0. The molecule has 0 radical (unpaired) electrons. The van der Waals surface area contributed by atoms with Crippen LogP contribution in [0.5, 0.6) is 0 Å². The van der Waals surface area contributed by atoms with Crippen LogP contribution in [0.2, 0.25) is 15.1 Å². The molecule has 0 bridgehead atoms. The van der Waals surface area contributed by atoms with Crippen LogP contribution in [0.25, 0.3) is 0 Å². The lowest BCUT2D eigenvalue weighted by Crippen LogP contribution is -2.19. The number of thiocarbonyl (C=S) groups is 1. The summed E-state index contributed by atoms with van der Waals surface area (Å²) in [4.78, 5) is 0. The van der Waals surface area contributed by atoms with Crippen molar-refractivity contribution in [3.63, 3.8) is 0 Å². The van der Waals surface area contributed by atoms with E-state index in [1.807, 2.05) is 19.1 Å². The summed E-state index contributed by atoms with van der Waals surface area (Å²) in [5.74, 6) is 0. The lowest BCUT2D eigenvalue weighted by Gasteiger charge is -2.13. The number of hydrogen-bond acceptors (Lipinski definition) is 1. The quantitative estimate of drug-likeness (QED) is 0.676. The summed E-state index contributed by atoms with van der Waals surface area (Å²) in [5, 5.41) is 8.37. The van der Waals surface area contributed by atoms with E-state index in [2.05, 4.69) is 10.6 Å². The fourth-order valence-corrected chi connectivity index (χ4v) is 2.66. The van der Waals surface area contributed by atoms with E-state index in [0.29, 0.717) is 20.2 Å². The molecule has 2 N–H and O–H groups in total. The number of hydrogen-bond donors (Lipinski definition) is 2. The highest BCUT2D eigenvalue weighted by molar-refractivity contribution is 7.80. The largest absolute Gasteiger partial charge is 0.332 e. The fraction of sp³-hybridized carbons (Fsp3) is 0.0714. The first kappa shape index (κ1) is 15.4. The van der Waals surface area contributed by atoms with Gasteiger partial charge in [0.05, 0.1) is 0 Å². The molecule has 20 heavy (non-hydrogen) atoms. The van der Waals surface area contributed by atoms with Crippen LogP contribution in [0.1, 0.15) is 5.56 Å². The monoisotopic (exact) mass is 344 g/mol. The van der Waals surface area contributed by atoms with Crippen molar-refractivity contribution in [2.75, 3.05) is 10.6 Å². The average molecular weight is 346 g/mol. The highest BCUT2D eigenvalue weighted by Crippen LogP contribution is 2.23. The molecule has 0 amide bonds. The molecule has 0 atom stereocenters. The molecule has 2 aromatic rings. The van der Waals surface area contributed by atoms with Crippen molar-refractivity contribution in [3.8, 4) is 0 Å². The molecule has 2 aromatic carbocycles. The van der Waals surface area contributed by atoms with Gasteiger partial charge in [0.2, 0.25) is 0 Å². The van der Waals surface area contributed by atoms with E-state index in [1.54, 1.807) is 24.3 Å². The zero-order chi connectivity index (χ0) is 14.7. The van der Waals surface area contributed by atoms with E-state index >= 15 is 0 Å². The summed E-state index contributed by atoms with van der Waals surface area (Å²) in [6, 6.07) is 10.7. The highest BCUT2D eigenvalue weighted by atomic mass is 35.5. The lowest BCUT2D eigenvalue weighted by molar-refractivity contribution is 1.45. The molecule has 0 spiro atoms. The van der Waals surface area contributed by atoms with Crippen LogP contribution in [0.3, 0.4) is 0 Å². The van der Waals surface area contributed by atoms with Crippen LogP contribution in [-0.2, 0) is 0 Å². The van der Waals surface area contributed by atoms with Crippen molar-refractivity contribution in [2.24, 2.45) is 0 Å². The molecule has 6 heteroatoms. The second kappa shape index (κ2) is 6.64. The van der Waals surface area contributed by atoms with Crippen molar-refractivity contribution < 1.29 is 0 Å². The molecule has 0 aromatic heterocycles. The van der Waals surface area contributed by atoms with Crippen LogP contribution in [0.15, 0.2) is 36.4 Å². The third-order valence-corrected chi connectivity index (χ3v) is 3.43. The van der Waals surface area contributed by atoms with E-state index in [-0.39, 0.29) is 0 Å². The second-order valence-electron chi connectivity index (χ2n) is 4.20. The minimum absolute atomic E-state index is 0.453. The van der Waals surface area contributed by atoms with Gasteiger partial charge in [-0.1, -0.05) is 34.8 Å². The molecule has 0 aliphatic rings. The molecule has 0 heterocycles. The first-order valence-corrected chi connectivity index (χ1v) is 7.28. The molecule has 104 valence electrons. The van der Waals surface area contributed by atoms with E-state index < -0.39 is 0 Å². The molecule has 0 aliphatic heterocycles. The molecule has 0 saturated heterocycles. The average Bonchev–Trinajstić information content (AvgIpc) is 2.31. The smallest absolute Gasteiger partial charge is 0.175 e. The topological polar surface area (TPSA) is 24.1 Å². The third kappa shape index (κ3) is 4.25. The van der Waals surface area contributed by atoms with Crippen LogP contribution in [-0.4, -0.2) is 5.11 Å².